The number of benzene rings is 3. The first-order chi connectivity index (χ1) is 20.7. The summed E-state index contributed by atoms with van der Waals surface area (Å²) in [5, 5.41) is 3.49. The van der Waals surface area contributed by atoms with E-state index in [4.69, 9.17) is 11.6 Å². The molecule has 3 aromatic carbocycles. The smallest absolute Gasteiger partial charge is 0.250 e. The third-order valence-corrected chi connectivity index (χ3v) is 9.40. The molecule has 4 aliphatic rings. The molecule has 0 bridgehead atoms. The minimum atomic E-state index is -1.17. The van der Waals surface area contributed by atoms with Gasteiger partial charge in [0.05, 0.1) is 5.92 Å². The normalized spacial score (nSPS) is 26.8. The molecular formula is C34H28ClF2N3O3. The number of nitrogens with one attached hydrogen (secondary N) is 1. The summed E-state index contributed by atoms with van der Waals surface area (Å²) in [5.74, 6) is -2.14. The zero-order valence-corrected chi connectivity index (χ0v) is 23.9. The van der Waals surface area contributed by atoms with Crippen molar-refractivity contribution in [3.63, 3.8) is 0 Å². The molecular weight excluding hydrogens is 572 g/mol. The van der Waals surface area contributed by atoms with Crippen molar-refractivity contribution in [1.29, 1.82) is 0 Å². The number of piperidine rings is 1. The summed E-state index contributed by atoms with van der Waals surface area (Å²) in [6.07, 6.45) is 5.69. The summed E-state index contributed by atoms with van der Waals surface area (Å²) in [4.78, 5) is 46.1. The lowest BCUT2D eigenvalue weighted by molar-refractivity contribution is -0.144. The number of Topliss-reactive ketones (excluding diaryl/α,β-unsaturated/α-hetero) is 1. The Morgan fingerprint density at radius 1 is 0.907 bits per heavy atom. The number of hydrogen-bond acceptors (Lipinski definition) is 4. The molecule has 4 heterocycles. The van der Waals surface area contributed by atoms with Crippen LogP contribution in [0, 0.1) is 17.6 Å². The Balaban J connectivity index is 1.30. The van der Waals surface area contributed by atoms with Crippen LogP contribution in [0.4, 0.5) is 14.5 Å². The summed E-state index contributed by atoms with van der Waals surface area (Å²) in [6, 6.07) is 17.0. The molecule has 4 aliphatic heterocycles. The number of halogens is 3. The summed E-state index contributed by atoms with van der Waals surface area (Å²) in [6.45, 7) is 0.790. The van der Waals surface area contributed by atoms with E-state index in [1.54, 1.807) is 53.5 Å². The molecule has 0 unspecified atom stereocenters. The van der Waals surface area contributed by atoms with Crippen LogP contribution < -0.4 is 5.32 Å². The first-order valence-corrected chi connectivity index (χ1v) is 14.8. The third kappa shape index (κ3) is 4.60. The van der Waals surface area contributed by atoms with Crippen molar-refractivity contribution in [2.75, 3.05) is 25.0 Å². The van der Waals surface area contributed by atoms with Crippen molar-refractivity contribution in [2.24, 2.45) is 5.92 Å². The maximum Gasteiger partial charge on any atom is 0.250 e. The number of hydrogen-bond donors (Lipinski definition) is 1. The van der Waals surface area contributed by atoms with Gasteiger partial charge in [0.25, 0.3) is 0 Å². The fourth-order valence-electron chi connectivity index (χ4n) is 7.33. The first-order valence-electron chi connectivity index (χ1n) is 14.4. The van der Waals surface area contributed by atoms with Crippen molar-refractivity contribution in [3.05, 3.63) is 111 Å². The largest absolute Gasteiger partial charge is 0.333 e. The second kappa shape index (κ2) is 10.5. The maximum absolute atomic E-state index is 14.6. The van der Waals surface area contributed by atoms with Gasteiger partial charge in [-0.2, -0.15) is 0 Å². The van der Waals surface area contributed by atoms with Gasteiger partial charge in [-0.3, -0.25) is 19.3 Å². The molecule has 9 heteroatoms. The van der Waals surface area contributed by atoms with Crippen LogP contribution in [0.1, 0.15) is 36.0 Å². The Bertz CT molecular complexity index is 1650. The number of rotatable bonds is 3. The van der Waals surface area contributed by atoms with Gasteiger partial charge in [0.2, 0.25) is 11.8 Å². The van der Waals surface area contributed by atoms with E-state index in [9.17, 15) is 23.2 Å². The number of ketones is 1. The van der Waals surface area contributed by atoms with E-state index < -0.39 is 23.1 Å². The molecule has 0 aromatic heterocycles. The lowest BCUT2D eigenvalue weighted by atomic mass is 9.77. The molecule has 1 N–H and O–H groups in total. The number of fused-ring (bicyclic) bond motifs is 4. The van der Waals surface area contributed by atoms with Gasteiger partial charge in [0.1, 0.15) is 17.2 Å². The number of carbonyl (C=O) groups is 3. The second-order valence-corrected chi connectivity index (χ2v) is 12.1. The summed E-state index contributed by atoms with van der Waals surface area (Å²) in [7, 11) is 0. The van der Waals surface area contributed by atoms with Crippen LogP contribution in [0.5, 0.6) is 0 Å². The summed E-state index contributed by atoms with van der Waals surface area (Å²) >= 11 is 6.27. The second-order valence-electron chi connectivity index (χ2n) is 11.7. The highest BCUT2D eigenvalue weighted by Gasteiger charge is 2.66. The van der Waals surface area contributed by atoms with E-state index in [1.807, 2.05) is 6.07 Å². The van der Waals surface area contributed by atoms with Crippen molar-refractivity contribution < 1.29 is 23.2 Å². The van der Waals surface area contributed by atoms with E-state index in [2.05, 4.69) is 10.2 Å². The van der Waals surface area contributed by atoms with Crippen LogP contribution in [-0.2, 0) is 19.9 Å². The topological polar surface area (TPSA) is 69.7 Å². The Labute approximate surface area is 252 Å². The molecule has 3 saturated heterocycles. The van der Waals surface area contributed by atoms with E-state index in [-0.39, 0.29) is 36.7 Å². The maximum atomic E-state index is 14.6. The van der Waals surface area contributed by atoms with Crippen molar-refractivity contribution >= 4 is 47.0 Å². The summed E-state index contributed by atoms with van der Waals surface area (Å²) in [5.41, 5.74) is 2.19. The number of nitrogens with zero attached hydrogens (tertiary/aromatic N) is 2. The third-order valence-electron chi connectivity index (χ3n) is 9.17. The zero-order chi connectivity index (χ0) is 29.9. The van der Waals surface area contributed by atoms with Gasteiger partial charge < -0.3 is 10.2 Å². The molecule has 2 amide bonds. The Morgan fingerprint density at radius 3 is 2.12 bits per heavy atom. The average molecular weight is 600 g/mol. The number of anilines is 1. The number of amides is 2. The van der Waals surface area contributed by atoms with Crippen molar-refractivity contribution in [1.82, 2.24) is 9.80 Å². The zero-order valence-electron chi connectivity index (χ0n) is 23.2. The Kier molecular flexibility index (Phi) is 6.78. The van der Waals surface area contributed by atoms with Crippen molar-refractivity contribution in [3.8, 4) is 0 Å². The predicted octanol–water partition coefficient (Wildman–Crippen LogP) is 5.83. The molecule has 1 spiro atoms. The minimum absolute atomic E-state index is 0.0438. The van der Waals surface area contributed by atoms with Crippen LogP contribution in [-0.4, -0.2) is 53.1 Å². The molecule has 0 radical (unpaired) electrons. The van der Waals surface area contributed by atoms with E-state index in [1.165, 1.54) is 24.3 Å². The van der Waals surface area contributed by atoms with Gasteiger partial charge >= 0.3 is 0 Å². The van der Waals surface area contributed by atoms with Crippen LogP contribution in [0.3, 0.4) is 0 Å². The van der Waals surface area contributed by atoms with E-state index in [0.717, 1.165) is 18.4 Å². The molecule has 3 fully saturated rings. The van der Waals surface area contributed by atoms with Crippen LogP contribution in [0.25, 0.3) is 12.2 Å². The molecule has 0 saturated carbocycles. The molecule has 43 heavy (non-hydrogen) atoms. The standard InChI is InChI=1S/C34H28ClF2N3O3/c35-24-7-12-28-30(16-24)38-33(43)34(28)29(17-27-2-1-13-40(27)34)32(42)39-18-22(14-20-3-8-25(36)9-4-20)31(41)23(19-39)15-21-5-10-26(37)11-6-21/h3-12,14-16,27,29H,1-2,13,17-19H2,(H,38,43)/b22-14+,23-15+/t27-,29-,34+/m1/s1. The highest BCUT2D eigenvalue weighted by molar-refractivity contribution is 6.31. The van der Waals surface area contributed by atoms with Crippen molar-refractivity contribution in [2.45, 2.75) is 30.8 Å². The molecule has 3 aromatic rings. The monoisotopic (exact) mass is 599 g/mol. The summed E-state index contributed by atoms with van der Waals surface area (Å²) < 4.78 is 27.2. The van der Waals surface area contributed by atoms with Gasteiger partial charge in [0, 0.05) is 46.6 Å². The molecule has 6 nitrogen and oxygen atoms in total. The van der Waals surface area contributed by atoms with Gasteiger partial charge in [-0.25, -0.2) is 8.78 Å². The minimum Gasteiger partial charge on any atom is -0.333 e. The average Bonchev–Trinajstić information content (AvgIpc) is 3.66. The van der Waals surface area contributed by atoms with Gasteiger partial charge in [0.15, 0.2) is 5.78 Å². The fourth-order valence-corrected chi connectivity index (χ4v) is 7.50. The molecule has 218 valence electrons. The lowest BCUT2D eigenvalue weighted by Gasteiger charge is -2.39. The highest BCUT2D eigenvalue weighted by atomic mass is 35.5. The van der Waals surface area contributed by atoms with E-state index >= 15 is 0 Å². The molecule has 3 atom stereocenters. The van der Waals surface area contributed by atoms with Crippen LogP contribution in [0.2, 0.25) is 5.02 Å². The quantitative estimate of drug-likeness (QED) is 0.385. The lowest BCUT2D eigenvalue weighted by Crippen LogP contribution is -2.56. The van der Waals surface area contributed by atoms with Crippen LogP contribution in [0.15, 0.2) is 77.9 Å². The Hall–Kier alpha value is -4.14. The van der Waals surface area contributed by atoms with E-state index in [0.29, 0.717) is 45.9 Å². The number of carbonyl (C=O) groups excluding carboxylic acids is 3. The first kappa shape index (κ1) is 27.7. The van der Waals surface area contributed by atoms with Gasteiger partial charge in [-0.05, 0) is 85.5 Å². The van der Waals surface area contributed by atoms with Crippen LogP contribution >= 0.6 is 11.6 Å². The highest BCUT2D eigenvalue weighted by Crippen LogP contribution is 2.56. The van der Waals surface area contributed by atoms with Gasteiger partial charge in [-0.1, -0.05) is 41.9 Å². The fraction of sp³-hybridized carbons (Fsp3) is 0.265. The predicted molar refractivity (Wildman–Crippen MR) is 160 cm³/mol. The SMILES string of the molecule is O=C1/C(=C/c2ccc(F)cc2)CN(C(=O)[C@H]2C[C@H]3CCCN3[C@]23C(=O)Nc2cc(Cl)ccc23)C/C1=C\c1ccc(F)cc1. The molecule has 7 rings (SSSR count). The molecule has 0 aliphatic carbocycles. The van der Waals surface area contributed by atoms with Gasteiger partial charge in [-0.15, -0.1) is 0 Å². The Morgan fingerprint density at radius 2 is 1.51 bits per heavy atom. The number of likely N-dealkylation sites (tertiary alicyclic amines) is 1.